The largest absolute Gasteiger partial charge is 0.378 e. The van der Waals surface area contributed by atoms with Crippen molar-refractivity contribution in [2.75, 3.05) is 19.0 Å². The van der Waals surface area contributed by atoms with Gasteiger partial charge in [-0.1, -0.05) is 31.5 Å². The second-order valence-electron chi connectivity index (χ2n) is 4.84. The molecule has 17 heavy (non-hydrogen) atoms. The maximum absolute atomic E-state index is 6.25. The third-order valence-electron chi connectivity index (χ3n) is 2.63. The van der Waals surface area contributed by atoms with E-state index in [0.29, 0.717) is 5.92 Å². The molecular formula is C13H22Cl2N2. The minimum Gasteiger partial charge on any atom is -0.378 e. The minimum atomic E-state index is 0. The molecule has 4 heteroatoms. The molecule has 0 saturated carbocycles. The van der Waals surface area contributed by atoms with Crippen LogP contribution in [0.15, 0.2) is 18.2 Å². The van der Waals surface area contributed by atoms with Crippen molar-refractivity contribution in [2.45, 2.75) is 26.3 Å². The van der Waals surface area contributed by atoms with Crippen molar-refractivity contribution >= 4 is 29.7 Å². The lowest BCUT2D eigenvalue weighted by molar-refractivity contribution is 0.510. The Morgan fingerprint density at radius 3 is 2.29 bits per heavy atom. The van der Waals surface area contributed by atoms with Crippen molar-refractivity contribution in [3.8, 4) is 0 Å². The van der Waals surface area contributed by atoms with Crippen LogP contribution in [0.2, 0.25) is 5.02 Å². The molecule has 98 valence electrons. The van der Waals surface area contributed by atoms with Crippen molar-refractivity contribution in [3.63, 3.8) is 0 Å². The van der Waals surface area contributed by atoms with Crippen LogP contribution in [0.25, 0.3) is 0 Å². The Morgan fingerprint density at radius 2 is 1.88 bits per heavy atom. The molecular weight excluding hydrogens is 255 g/mol. The zero-order valence-electron chi connectivity index (χ0n) is 10.9. The summed E-state index contributed by atoms with van der Waals surface area (Å²) in [7, 11) is 4.00. The first kappa shape index (κ1) is 16.6. The number of hydrogen-bond donors (Lipinski definition) is 1. The van der Waals surface area contributed by atoms with Crippen molar-refractivity contribution in [1.29, 1.82) is 0 Å². The van der Waals surface area contributed by atoms with E-state index in [2.05, 4.69) is 19.9 Å². The van der Waals surface area contributed by atoms with Crippen LogP contribution in [0.4, 0.5) is 5.69 Å². The fourth-order valence-electron chi connectivity index (χ4n) is 1.73. The Kier molecular flexibility index (Phi) is 6.91. The number of rotatable bonds is 4. The van der Waals surface area contributed by atoms with Crippen LogP contribution >= 0.6 is 24.0 Å². The highest BCUT2D eigenvalue weighted by molar-refractivity contribution is 6.31. The SMILES string of the molecule is CC(C)C[C@@H](N)c1ccc(N(C)C)cc1Cl.Cl. The van der Waals surface area contributed by atoms with Gasteiger partial charge in [-0.2, -0.15) is 0 Å². The fraction of sp³-hybridized carbons (Fsp3) is 0.538. The van der Waals surface area contributed by atoms with Crippen LogP contribution < -0.4 is 10.6 Å². The van der Waals surface area contributed by atoms with E-state index in [1.807, 2.05) is 31.1 Å². The Labute approximate surface area is 116 Å². The van der Waals surface area contributed by atoms with Gasteiger partial charge in [0.25, 0.3) is 0 Å². The Morgan fingerprint density at radius 1 is 1.29 bits per heavy atom. The molecule has 0 fully saturated rings. The van der Waals surface area contributed by atoms with Crippen LogP contribution in [0.1, 0.15) is 31.9 Å². The molecule has 0 bridgehead atoms. The highest BCUT2D eigenvalue weighted by atomic mass is 35.5. The lowest BCUT2D eigenvalue weighted by atomic mass is 9.97. The van der Waals surface area contributed by atoms with Crippen molar-refractivity contribution < 1.29 is 0 Å². The van der Waals surface area contributed by atoms with E-state index in [0.717, 1.165) is 22.7 Å². The Bertz CT molecular complexity index is 351. The topological polar surface area (TPSA) is 29.3 Å². The maximum atomic E-state index is 6.25. The van der Waals surface area contributed by atoms with Gasteiger partial charge in [-0.25, -0.2) is 0 Å². The van der Waals surface area contributed by atoms with Gasteiger partial charge in [0.2, 0.25) is 0 Å². The molecule has 1 aromatic rings. The molecule has 2 N–H and O–H groups in total. The molecule has 0 aliphatic rings. The van der Waals surface area contributed by atoms with E-state index in [-0.39, 0.29) is 18.4 Å². The maximum Gasteiger partial charge on any atom is 0.0474 e. The van der Waals surface area contributed by atoms with Crippen LogP contribution in [0.3, 0.4) is 0 Å². The van der Waals surface area contributed by atoms with Crippen LogP contribution in [-0.4, -0.2) is 14.1 Å². The molecule has 0 aliphatic heterocycles. The summed E-state index contributed by atoms with van der Waals surface area (Å²) >= 11 is 6.25. The molecule has 1 aromatic carbocycles. The van der Waals surface area contributed by atoms with Crippen LogP contribution in [0.5, 0.6) is 0 Å². The van der Waals surface area contributed by atoms with Gasteiger partial charge >= 0.3 is 0 Å². The van der Waals surface area contributed by atoms with Crippen molar-refractivity contribution in [2.24, 2.45) is 11.7 Å². The highest BCUT2D eigenvalue weighted by Crippen LogP contribution is 2.29. The Balaban J connectivity index is 0.00000256. The number of anilines is 1. The first-order valence-electron chi connectivity index (χ1n) is 5.64. The third kappa shape index (κ3) is 4.74. The molecule has 0 amide bonds. The van der Waals surface area contributed by atoms with E-state index >= 15 is 0 Å². The molecule has 1 rings (SSSR count). The fourth-order valence-corrected chi connectivity index (χ4v) is 2.04. The highest BCUT2D eigenvalue weighted by Gasteiger charge is 2.12. The average molecular weight is 277 g/mol. The quantitative estimate of drug-likeness (QED) is 0.905. The number of nitrogens with zero attached hydrogens (tertiary/aromatic N) is 1. The molecule has 0 saturated heterocycles. The van der Waals surface area contributed by atoms with E-state index in [1.165, 1.54) is 0 Å². The Hall–Kier alpha value is -0.440. The number of hydrogen-bond acceptors (Lipinski definition) is 2. The predicted molar refractivity (Wildman–Crippen MR) is 79.4 cm³/mol. The van der Waals surface area contributed by atoms with E-state index < -0.39 is 0 Å². The van der Waals surface area contributed by atoms with Crippen LogP contribution in [0, 0.1) is 5.92 Å². The van der Waals surface area contributed by atoms with Gasteiger partial charge in [0.15, 0.2) is 0 Å². The van der Waals surface area contributed by atoms with E-state index in [4.69, 9.17) is 17.3 Å². The van der Waals surface area contributed by atoms with Gasteiger partial charge in [0.1, 0.15) is 0 Å². The molecule has 0 aliphatic carbocycles. The summed E-state index contributed by atoms with van der Waals surface area (Å²) < 4.78 is 0. The number of halogens is 2. The summed E-state index contributed by atoms with van der Waals surface area (Å²) in [5, 5.41) is 0.763. The third-order valence-corrected chi connectivity index (χ3v) is 2.95. The molecule has 2 nitrogen and oxygen atoms in total. The molecule has 0 radical (unpaired) electrons. The normalized spacial score (nSPS) is 12.2. The second-order valence-corrected chi connectivity index (χ2v) is 5.24. The van der Waals surface area contributed by atoms with Gasteiger partial charge in [-0.3, -0.25) is 0 Å². The standard InChI is InChI=1S/C13H21ClN2.ClH/c1-9(2)7-13(15)11-6-5-10(16(3)4)8-12(11)14;/h5-6,8-9,13H,7,15H2,1-4H3;1H/t13-;/m1./s1. The van der Waals surface area contributed by atoms with Gasteiger partial charge in [-0.05, 0) is 30.0 Å². The summed E-state index contributed by atoms with van der Waals surface area (Å²) in [4.78, 5) is 2.03. The number of nitrogens with two attached hydrogens (primary N) is 1. The summed E-state index contributed by atoms with van der Waals surface area (Å²) in [5.41, 5.74) is 8.27. The van der Waals surface area contributed by atoms with Gasteiger partial charge in [0.05, 0.1) is 0 Å². The van der Waals surface area contributed by atoms with E-state index in [1.54, 1.807) is 0 Å². The molecule has 0 heterocycles. The van der Waals surface area contributed by atoms with E-state index in [9.17, 15) is 0 Å². The molecule has 0 spiro atoms. The van der Waals surface area contributed by atoms with Gasteiger partial charge < -0.3 is 10.6 Å². The zero-order chi connectivity index (χ0) is 12.3. The summed E-state index contributed by atoms with van der Waals surface area (Å²) in [6.45, 7) is 4.34. The summed E-state index contributed by atoms with van der Waals surface area (Å²) in [5.74, 6) is 0.583. The summed E-state index contributed by atoms with van der Waals surface area (Å²) in [6.07, 6.45) is 0.959. The monoisotopic (exact) mass is 276 g/mol. The minimum absolute atomic E-state index is 0. The average Bonchev–Trinajstić information content (AvgIpc) is 2.15. The lowest BCUT2D eigenvalue weighted by Gasteiger charge is -2.18. The molecule has 0 aromatic heterocycles. The molecule has 1 atom stereocenters. The lowest BCUT2D eigenvalue weighted by Crippen LogP contribution is -2.14. The first-order valence-corrected chi connectivity index (χ1v) is 6.02. The zero-order valence-corrected chi connectivity index (χ0v) is 12.5. The van der Waals surface area contributed by atoms with Crippen molar-refractivity contribution in [3.05, 3.63) is 28.8 Å². The van der Waals surface area contributed by atoms with Gasteiger partial charge in [0, 0.05) is 30.8 Å². The second kappa shape index (κ2) is 7.10. The van der Waals surface area contributed by atoms with Gasteiger partial charge in [-0.15, -0.1) is 12.4 Å². The number of benzene rings is 1. The van der Waals surface area contributed by atoms with Crippen LogP contribution in [-0.2, 0) is 0 Å². The predicted octanol–water partition coefficient (Wildman–Crippen LogP) is 3.87. The first-order chi connectivity index (χ1) is 7.41. The summed E-state index contributed by atoms with van der Waals surface area (Å²) in [6, 6.07) is 6.09. The smallest absolute Gasteiger partial charge is 0.0474 e. The van der Waals surface area contributed by atoms with Crippen molar-refractivity contribution in [1.82, 2.24) is 0 Å². The molecule has 0 unspecified atom stereocenters.